The first-order chi connectivity index (χ1) is 8.58. The zero-order valence-electron chi connectivity index (χ0n) is 11.5. The van der Waals surface area contributed by atoms with Crippen molar-refractivity contribution in [1.82, 2.24) is 9.97 Å². The van der Waals surface area contributed by atoms with E-state index in [0.717, 1.165) is 6.54 Å². The summed E-state index contributed by atoms with van der Waals surface area (Å²) in [5.41, 5.74) is 6.41. The summed E-state index contributed by atoms with van der Waals surface area (Å²) in [5, 5.41) is 3.09. The minimum atomic E-state index is 0.330. The third-order valence-electron chi connectivity index (χ3n) is 2.13. The van der Waals surface area contributed by atoms with Gasteiger partial charge in [0.1, 0.15) is 12.3 Å². The number of nitrogen functional groups attached to an aromatic ring is 1. The lowest BCUT2D eigenvalue weighted by Gasteiger charge is -2.14. The molecular weight excluding hydrogens is 232 g/mol. The number of rotatable bonds is 7. The number of anilines is 2. The van der Waals surface area contributed by atoms with E-state index < -0.39 is 0 Å². The fourth-order valence-electron chi connectivity index (χ4n) is 1.34. The van der Waals surface area contributed by atoms with Crippen molar-refractivity contribution in [2.75, 3.05) is 31.3 Å². The molecule has 0 saturated heterocycles. The van der Waals surface area contributed by atoms with Crippen LogP contribution in [-0.2, 0) is 11.3 Å². The molecule has 0 amide bonds. The largest absolute Gasteiger partial charge is 0.476 e. The predicted molar refractivity (Wildman–Crippen MR) is 71.7 cm³/mol. The van der Waals surface area contributed by atoms with Crippen LogP contribution < -0.4 is 15.8 Å². The van der Waals surface area contributed by atoms with E-state index in [2.05, 4.69) is 29.1 Å². The van der Waals surface area contributed by atoms with Crippen LogP contribution in [-0.4, -0.2) is 30.2 Å². The number of nitrogens with one attached hydrogen (secondary N) is 1. The van der Waals surface area contributed by atoms with E-state index >= 15 is 0 Å². The standard InChI is InChI=1S/C12H22N4O2/c1-5-14-11-10(13)12(18-6-8(2)3)16-9(15-11)7-17-4/h8H,5-7,13H2,1-4H3,(H,14,15,16). The highest BCUT2D eigenvalue weighted by Gasteiger charge is 2.13. The molecule has 0 aliphatic carbocycles. The van der Waals surface area contributed by atoms with E-state index in [4.69, 9.17) is 15.2 Å². The van der Waals surface area contributed by atoms with Gasteiger partial charge >= 0.3 is 0 Å². The summed E-state index contributed by atoms with van der Waals surface area (Å²) in [5.74, 6) is 1.98. The molecule has 0 fully saturated rings. The van der Waals surface area contributed by atoms with Gasteiger partial charge < -0.3 is 20.5 Å². The smallest absolute Gasteiger partial charge is 0.242 e. The minimum absolute atomic E-state index is 0.330. The van der Waals surface area contributed by atoms with Crippen LogP contribution in [0, 0.1) is 5.92 Å². The van der Waals surface area contributed by atoms with Gasteiger partial charge in [0.05, 0.1) is 6.61 Å². The van der Waals surface area contributed by atoms with Crippen LogP contribution >= 0.6 is 0 Å². The number of nitrogens with zero attached hydrogens (tertiary/aromatic N) is 2. The molecule has 18 heavy (non-hydrogen) atoms. The number of methoxy groups -OCH3 is 1. The molecule has 1 rings (SSSR count). The van der Waals surface area contributed by atoms with Crippen molar-refractivity contribution in [1.29, 1.82) is 0 Å². The second-order valence-electron chi connectivity index (χ2n) is 4.38. The van der Waals surface area contributed by atoms with Crippen molar-refractivity contribution >= 4 is 11.5 Å². The highest BCUT2D eigenvalue weighted by Crippen LogP contribution is 2.26. The van der Waals surface area contributed by atoms with Gasteiger partial charge in [-0.2, -0.15) is 4.98 Å². The minimum Gasteiger partial charge on any atom is -0.476 e. The third kappa shape index (κ3) is 4.03. The Morgan fingerprint density at radius 1 is 1.33 bits per heavy atom. The first-order valence-corrected chi connectivity index (χ1v) is 6.10. The van der Waals surface area contributed by atoms with Crippen LogP contribution in [0.3, 0.4) is 0 Å². The molecule has 0 aromatic carbocycles. The first kappa shape index (κ1) is 14.5. The summed E-state index contributed by atoms with van der Waals surface area (Å²) >= 11 is 0. The van der Waals surface area contributed by atoms with Crippen molar-refractivity contribution in [3.63, 3.8) is 0 Å². The van der Waals surface area contributed by atoms with Crippen molar-refractivity contribution < 1.29 is 9.47 Å². The van der Waals surface area contributed by atoms with Gasteiger partial charge in [-0.15, -0.1) is 0 Å². The molecule has 3 N–H and O–H groups in total. The van der Waals surface area contributed by atoms with Gasteiger partial charge in [0.15, 0.2) is 11.6 Å². The SMILES string of the molecule is CCNc1nc(COC)nc(OCC(C)C)c1N. The van der Waals surface area contributed by atoms with Gasteiger partial charge in [-0.1, -0.05) is 13.8 Å². The molecule has 102 valence electrons. The highest BCUT2D eigenvalue weighted by atomic mass is 16.5. The van der Waals surface area contributed by atoms with Gasteiger partial charge in [-0.3, -0.25) is 0 Å². The zero-order valence-corrected chi connectivity index (χ0v) is 11.5. The van der Waals surface area contributed by atoms with Gasteiger partial charge in [0.25, 0.3) is 0 Å². The van der Waals surface area contributed by atoms with Crippen LogP contribution in [0.4, 0.5) is 11.5 Å². The van der Waals surface area contributed by atoms with Crippen LogP contribution in [0.25, 0.3) is 0 Å². The molecule has 1 heterocycles. The molecule has 1 aromatic heterocycles. The lowest BCUT2D eigenvalue weighted by Crippen LogP contribution is -2.13. The maximum atomic E-state index is 5.97. The topological polar surface area (TPSA) is 82.3 Å². The normalized spacial score (nSPS) is 10.7. The Kier molecular flexibility index (Phi) is 5.64. The molecule has 0 unspecified atom stereocenters. The monoisotopic (exact) mass is 254 g/mol. The van der Waals surface area contributed by atoms with E-state index in [-0.39, 0.29) is 0 Å². The summed E-state index contributed by atoms with van der Waals surface area (Å²) in [6.45, 7) is 7.75. The van der Waals surface area contributed by atoms with E-state index in [1.165, 1.54) is 0 Å². The van der Waals surface area contributed by atoms with Crippen molar-refractivity contribution in [3.8, 4) is 5.88 Å². The summed E-state index contributed by atoms with van der Waals surface area (Å²) < 4.78 is 10.6. The Balaban J connectivity index is 2.97. The third-order valence-corrected chi connectivity index (χ3v) is 2.13. The Hall–Kier alpha value is -1.56. The van der Waals surface area contributed by atoms with Crippen molar-refractivity contribution in [3.05, 3.63) is 5.82 Å². The van der Waals surface area contributed by atoms with E-state index in [1.54, 1.807) is 7.11 Å². The van der Waals surface area contributed by atoms with Gasteiger partial charge in [0.2, 0.25) is 5.88 Å². The van der Waals surface area contributed by atoms with Crippen molar-refractivity contribution in [2.24, 2.45) is 5.92 Å². The maximum Gasteiger partial charge on any atom is 0.242 e. The molecule has 0 bridgehead atoms. The van der Waals surface area contributed by atoms with Crippen LogP contribution in [0.5, 0.6) is 5.88 Å². The van der Waals surface area contributed by atoms with Crippen LogP contribution in [0.15, 0.2) is 0 Å². The Labute approximate surface area is 108 Å². The van der Waals surface area contributed by atoms with E-state index in [0.29, 0.717) is 42.3 Å². The predicted octanol–water partition coefficient (Wildman–Crippen LogP) is 1.67. The Bertz CT molecular complexity index is 383. The maximum absolute atomic E-state index is 5.97. The average molecular weight is 254 g/mol. The Morgan fingerprint density at radius 3 is 2.61 bits per heavy atom. The second-order valence-corrected chi connectivity index (χ2v) is 4.38. The molecule has 6 nitrogen and oxygen atoms in total. The number of aromatic nitrogens is 2. The van der Waals surface area contributed by atoms with Crippen LogP contribution in [0.1, 0.15) is 26.6 Å². The molecule has 0 saturated carbocycles. The quantitative estimate of drug-likeness (QED) is 0.770. The molecule has 0 spiro atoms. The number of hydrogen-bond acceptors (Lipinski definition) is 6. The zero-order chi connectivity index (χ0) is 13.5. The number of hydrogen-bond donors (Lipinski definition) is 2. The lowest BCUT2D eigenvalue weighted by atomic mass is 10.2. The summed E-state index contributed by atoms with van der Waals surface area (Å²) in [6, 6.07) is 0. The fourth-order valence-corrected chi connectivity index (χ4v) is 1.34. The molecule has 0 aliphatic rings. The average Bonchev–Trinajstić information content (AvgIpc) is 2.32. The van der Waals surface area contributed by atoms with Crippen molar-refractivity contribution in [2.45, 2.75) is 27.4 Å². The summed E-state index contributed by atoms with van der Waals surface area (Å²) in [4.78, 5) is 8.54. The summed E-state index contributed by atoms with van der Waals surface area (Å²) in [7, 11) is 1.60. The molecule has 0 atom stereocenters. The summed E-state index contributed by atoms with van der Waals surface area (Å²) in [6.07, 6.45) is 0. The fraction of sp³-hybridized carbons (Fsp3) is 0.667. The number of ether oxygens (including phenoxy) is 2. The molecule has 6 heteroatoms. The molecule has 1 aromatic rings. The molecular formula is C12H22N4O2. The lowest BCUT2D eigenvalue weighted by molar-refractivity contribution is 0.176. The van der Waals surface area contributed by atoms with Gasteiger partial charge in [-0.05, 0) is 12.8 Å². The number of nitrogens with two attached hydrogens (primary N) is 1. The van der Waals surface area contributed by atoms with Gasteiger partial charge in [-0.25, -0.2) is 4.98 Å². The van der Waals surface area contributed by atoms with Gasteiger partial charge in [0, 0.05) is 13.7 Å². The Morgan fingerprint density at radius 2 is 2.06 bits per heavy atom. The molecule has 0 aliphatic heterocycles. The first-order valence-electron chi connectivity index (χ1n) is 6.10. The highest BCUT2D eigenvalue weighted by molar-refractivity contribution is 5.66. The van der Waals surface area contributed by atoms with E-state index in [9.17, 15) is 0 Å². The molecule has 0 radical (unpaired) electrons. The van der Waals surface area contributed by atoms with E-state index in [1.807, 2.05) is 6.92 Å². The second kappa shape index (κ2) is 7.00. The van der Waals surface area contributed by atoms with Crippen LogP contribution in [0.2, 0.25) is 0 Å².